The van der Waals surface area contributed by atoms with Crippen molar-refractivity contribution < 1.29 is 0 Å². The molecule has 7 rings (SSSR count). The molecule has 0 unspecified atom stereocenters. The van der Waals surface area contributed by atoms with Crippen LogP contribution in [0.2, 0.25) is 0 Å². The van der Waals surface area contributed by atoms with Crippen LogP contribution in [0.15, 0.2) is 117 Å². The van der Waals surface area contributed by atoms with Crippen molar-refractivity contribution in [3.05, 3.63) is 119 Å². The fourth-order valence-electron chi connectivity index (χ4n) is 6.17. The molecule has 6 aromatic rings. The monoisotopic (exact) mass is 590 g/mol. The molecule has 1 aliphatic rings. The van der Waals surface area contributed by atoms with Crippen molar-refractivity contribution in [3.63, 3.8) is 0 Å². The van der Waals surface area contributed by atoms with Gasteiger partial charge in [0.1, 0.15) is 34.9 Å². The highest BCUT2D eigenvalue weighted by molar-refractivity contribution is 6.22. The molecule has 222 valence electrons. The molecule has 0 fully saturated rings. The number of benzene rings is 4. The van der Waals surface area contributed by atoms with Gasteiger partial charge in [0, 0.05) is 76.4 Å². The van der Waals surface area contributed by atoms with Crippen molar-refractivity contribution in [2.24, 2.45) is 27.0 Å². The molecule has 8 heteroatoms. The van der Waals surface area contributed by atoms with E-state index in [1.807, 2.05) is 64.3 Å². The molecule has 4 aromatic carbocycles. The number of hydrogen-bond donors (Lipinski definition) is 3. The van der Waals surface area contributed by atoms with Gasteiger partial charge in [-0.25, -0.2) is 9.98 Å². The lowest BCUT2D eigenvalue weighted by atomic mass is 10.0. The van der Waals surface area contributed by atoms with Crippen LogP contribution in [-0.2, 0) is 7.05 Å². The van der Waals surface area contributed by atoms with E-state index in [1.54, 1.807) is 0 Å². The van der Waals surface area contributed by atoms with Gasteiger partial charge in [-0.2, -0.15) is 0 Å². The highest BCUT2D eigenvalue weighted by Gasteiger charge is 2.21. The van der Waals surface area contributed by atoms with Crippen molar-refractivity contribution in [1.82, 2.24) is 9.55 Å². The van der Waals surface area contributed by atoms with Crippen molar-refractivity contribution >= 4 is 67.9 Å². The van der Waals surface area contributed by atoms with Crippen LogP contribution in [0.25, 0.3) is 21.5 Å². The maximum absolute atomic E-state index is 5.14. The second kappa shape index (κ2) is 11.4. The number of rotatable bonds is 0. The van der Waals surface area contributed by atoms with Crippen LogP contribution in [0.3, 0.4) is 0 Å². The number of H-pyrrole nitrogens is 1. The fourth-order valence-corrected chi connectivity index (χ4v) is 6.17. The molecule has 0 amide bonds. The van der Waals surface area contributed by atoms with Gasteiger partial charge < -0.3 is 20.2 Å². The average Bonchev–Trinajstić information content (AvgIpc) is 3.55. The molecule has 0 saturated carbocycles. The summed E-state index contributed by atoms with van der Waals surface area (Å²) in [4.78, 5) is 23.3. The van der Waals surface area contributed by atoms with Crippen LogP contribution >= 0.6 is 0 Å². The lowest BCUT2D eigenvalue weighted by Crippen LogP contribution is -2.21. The lowest BCUT2D eigenvalue weighted by Gasteiger charge is -2.17. The van der Waals surface area contributed by atoms with Crippen LogP contribution < -0.4 is 10.6 Å². The molecular formula is C37H34N8. The van der Waals surface area contributed by atoms with Gasteiger partial charge in [0.05, 0.1) is 0 Å². The SMILES string of the molecule is CN=C1Nc2c3ccccc3c(n2C)NC(=NC)c2ccccc2C(C)=Nc2[nH]c(c3ccccc23)N=C(C)c2ccccc21. The van der Waals surface area contributed by atoms with E-state index in [2.05, 4.69) is 87.9 Å². The Bertz CT molecular complexity index is 2070. The first-order valence-corrected chi connectivity index (χ1v) is 14.9. The number of hydrogen-bond acceptors (Lipinski definition) is 4. The van der Waals surface area contributed by atoms with Gasteiger partial charge >= 0.3 is 0 Å². The van der Waals surface area contributed by atoms with Gasteiger partial charge in [-0.05, 0) is 13.8 Å². The maximum atomic E-state index is 5.14. The third-order valence-corrected chi connectivity index (χ3v) is 8.41. The topological polar surface area (TPSA) is 94.2 Å². The highest BCUT2D eigenvalue weighted by atomic mass is 15.2. The summed E-state index contributed by atoms with van der Waals surface area (Å²) in [5, 5.41) is 11.5. The van der Waals surface area contributed by atoms with Crippen LogP contribution in [0.5, 0.6) is 0 Å². The Morgan fingerprint density at radius 3 is 1.27 bits per heavy atom. The largest absolute Gasteiger partial charge is 0.326 e. The van der Waals surface area contributed by atoms with Crippen LogP contribution in [-0.4, -0.2) is 46.7 Å². The smallest absolute Gasteiger partial charge is 0.139 e. The number of aromatic amines is 1. The minimum Gasteiger partial charge on any atom is -0.326 e. The van der Waals surface area contributed by atoms with Crippen molar-refractivity contribution in [2.45, 2.75) is 13.8 Å². The Labute approximate surface area is 262 Å². The standard InChI is InChI=1S/C37H34N8/c1-22-24-14-6-8-16-26(24)32(38-3)43-36-30-20-12-13-21-31(30)37(45(36)5)44-33(39-4)27-17-9-7-15-25(27)23(2)41-35-29-19-11-10-18-28(29)34(40-22)42-35/h6-21H,1-5H3,(H,38,43)(H,39,44)(H,40,41,42). The second-order valence-electron chi connectivity index (χ2n) is 11.0. The lowest BCUT2D eigenvalue weighted by molar-refractivity contribution is 0.953. The fraction of sp³-hybridized carbons (Fsp3) is 0.135. The molecule has 0 saturated heterocycles. The summed E-state index contributed by atoms with van der Waals surface area (Å²) in [6.45, 7) is 4.08. The summed E-state index contributed by atoms with van der Waals surface area (Å²) in [7, 11) is 5.67. The van der Waals surface area contributed by atoms with Gasteiger partial charge in [0.25, 0.3) is 0 Å². The second-order valence-corrected chi connectivity index (χ2v) is 11.0. The molecule has 4 bridgehead atoms. The van der Waals surface area contributed by atoms with Gasteiger partial charge in [0.15, 0.2) is 0 Å². The molecule has 8 nitrogen and oxygen atoms in total. The molecule has 3 heterocycles. The third kappa shape index (κ3) is 4.80. The molecule has 3 N–H and O–H groups in total. The average molecular weight is 591 g/mol. The number of nitrogens with one attached hydrogen (secondary N) is 3. The minimum absolute atomic E-state index is 0.742. The zero-order valence-electron chi connectivity index (χ0n) is 26.0. The number of aromatic nitrogens is 2. The van der Waals surface area contributed by atoms with E-state index in [4.69, 9.17) is 20.0 Å². The molecule has 1 aliphatic heterocycles. The molecule has 0 radical (unpaired) electrons. The Morgan fingerprint density at radius 1 is 0.511 bits per heavy atom. The molecule has 45 heavy (non-hydrogen) atoms. The van der Waals surface area contributed by atoms with E-state index < -0.39 is 0 Å². The predicted molar refractivity (Wildman–Crippen MR) is 190 cm³/mol. The van der Waals surface area contributed by atoms with Crippen LogP contribution in [0.1, 0.15) is 36.1 Å². The highest BCUT2D eigenvalue weighted by Crippen LogP contribution is 2.37. The third-order valence-electron chi connectivity index (χ3n) is 8.41. The number of nitrogens with zero attached hydrogens (tertiary/aromatic N) is 5. The predicted octanol–water partition coefficient (Wildman–Crippen LogP) is 8.23. The summed E-state index contributed by atoms with van der Waals surface area (Å²) >= 11 is 0. The Balaban J connectivity index is 1.53. The Hall–Kier alpha value is -5.76. The minimum atomic E-state index is 0.742. The van der Waals surface area contributed by atoms with E-state index in [0.29, 0.717) is 0 Å². The van der Waals surface area contributed by atoms with E-state index >= 15 is 0 Å². The van der Waals surface area contributed by atoms with E-state index in [0.717, 1.165) is 90.2 Å². The molecule has 0 atom stereocenters. The molecule has 2 aromatic heterocycles. The first-order chi connectivity index (χ1) is 22.0. The van der Waals surface area contributed by atoms with E-state index in [1.165, 1.54) is 0 Å². The van der Waals surface area contributed by atoms with Crippen molar-refractivity contribution in [2.75, 3.05) is 24.7 Å². The maximum Gasteiger partial charge on any atom is 0.139 e. The quantitative estimate of drug-likeness (QED) is 0.166. The van der Waals surface area contributed by atoms with Crippen LogP contribution in [0.4, 0.5) is 23.3 Å². The Kier molecular flexibility index (Phi) is 7.10. The number of aliphatic imine (C=N–C) groups is 4. The van der Waals surface area contributed by atoms with Gasteiger partial charge in [-0.1, -0.05) is 97.1 Å². The summed E-state index contributed by atoms with van der Waals surface area (Å²) in [5.41, 5.74) is 5.61. The summed E-state index contributed by atoms with van der Waals surface area (Å²) in [6, 6.07) is 33.0. The van der Waals surface area contributed by atoms with E-state index in [-0.39, 0.29) is 0 Å². The molecule has 0 spiro atoms. The zero-order valence-corrected chi connectivity index (χ0v) is 26.0. The van der Waals surface area contributed by atoms with Gasteiger partial charge in [0.2, 0.25) is 0 Å². The first kappa shape index (κ1) is 28.0. The number of fused-ring (bicyclic) bond motifs is 12. The van der Waals surface area contributed by atoms with Crippen molar-refractivity contribution in [3.8, 4) is 0 Å². The first-order valence-electron chi connectivity index (χ1n) is 14.9. The molecule has 0 aliphatic carbocycles. The van der Waals surface area contributed by atoms with Crippen molar-refractivity contribution in [1.29, 1.82) is 0 Å². The Morgan fingerprint density at radius 2 is 0.867 bits per heavy atom. The summed E-state index contributed by atoms with van der Waals surface area (Å²) < 4.78 is 2.13. The molecular weight excluding hydrogens is 556 g/mol. The number of anilines is 2. The summed E-state index contributed by atoms with van der Waals surface area (Å²) in [5.74, 6) is 4.84. The zero-order chi connectivity index (χ0) is 31.1. The van der Waals surface area contributed by atoms with E-state index in [9.17, 15) is 0 Å². The summed E-state index contributed by atoms with van der Waals surface area (Å²) in [6.07, 6.45) is 0. The normalized spacial score (nSPS) is 15.5. The number of amidine groups is 2. The van der Waals surface area contributed by atoms with Crippen LogP contribution in [0, 0.1) is 0 Å². The van der Waals surface area contributed by atoms with Gasteiger partial charge in [-0.15, -0.1) is 0 Å². The van der Waals surface area contributed by atoms with Gasteiger partial charge in [-0.3, -0.25) is 9.98 Å².